The van der Waals surface area contributed by atoms with E-state index in [0.717, 1.165) is 24.5 Å². The summed E-state index contributed by atoms with van der Waals surface area (Å²) in [7, 11) is 3.23. The zero-order chi connectivity index (χ0) is 19.1. The molecule has 1 aliphatic rings. The van der Waals surface area contributed by atoms with Crippen molar-refractivity contribution in [3.8, 4) is 11.5 Å². The molecule has 0 aliphatic carbocycles. The Labute approximate surface area is 160 Å². The summed E-state index contributed by atoms with van der Waals surface area (Å²) in [6.07, 6.45) is 6.08. The number of hydrogen-bond donors (Lipinski definition) is 1. The number of aromatic nitrogens is 1. The molecule has 1 aromatic carbocycles. The molecule has 27 heavy (non-hydrogen) atoms. The molecule has 6 heteroatoms. The quantitative estimate of drug-likeness (QED) is 0.813. The zero-order valence-corrected chi connectivity index (χ0v) is 16.0. The van der Waals surface area contributed by atoms with Crippen LogP contribution in [-0.2, 0) is 6.42 Å². The number of methoxy groups -OCH3 is 2. The Kier molecular flexibility index (Phi) is 6.52. The Bertz CT molecular complexity index is 756. The molecule has 0 bridgehead atoms. The molecule has 1 saturated heterocycles. The fourth-order valence-corrected chi connectivity index (χ4v) is 3.29. The predicted molar refractivity (Wildman–Crippen MR) is 106 cm³/mol. The molecule has 1 N–H and O–H groups in total. The van der Waals surface area contributed by atoms with Crippen molar-refractivity contribution in [2.75, 3.05) is 38.8 Å². The third-order valence-electron chi connectivity index (χ3n) is 4.84. The summed E-state index contributed by atoms with van der Waals surface area (Å²) in [6, 6.07) is 9.57. The van der Waals surface area contributed by atoms with E-state index in [9.17, 15) is 4.79 Å². The monoisotopic (exact) mass is 369 g/mol. The van der Waals surface area contributed by atoms with Gasteiger partial charge in [-0.25, -0.2) is 4.98 Å². The van der Waals surface area contributed by atoms with Crippen LogP contribution in [0.3, 0.4) is 0 Å². The molecule has 1 amide bonds. The second kappa shape index (κ2) is 9.26. The molecule has 144 valence electrons. The molecule has 1 fully saturated rings. The molecule has 2 heterocycles. The van der Waals surface area contributed by atoms with E-state index in [1.807, 2.05) is 30.3 Å². The van der Waals surface area contributed by atoms with Crippen LogP contribution >= 0.6 is 0 Å². The van der Waals surface area contributed by atoms with Gasteiger partial charge in [0.05, 0.1) is 19.8 Å². The number of rotatable bonds is 7. The van der Waals surface area contributed by atoms with Gasteiger partial charge in [-0.3, -0.25) is 4.79 Å². The fraction of sp³-hybridized carbons (Fsp3) is 0.429. The van der Waals surface area contributed by atoms with Crippen LogP contribution in [0.4, 0.5) is 5.82 Å². The Morgan fingerprint density at radius 3 is 2.52 bits per heavy atom. The van der Waals surface area contributed by atoms with Gasteiger partial charge in [0.25, 0.3) is 5.91 Å². The van der Waals surface area contributed by atoms with Gasteiger partial charge >= 0.3 is 0 Å². The Balaban J connectivity index is 1.52. The summed E-state index contributed by atoms with van der Waals surface area (Å²) >= 11 is 0. The number of carbonyl (C=O) groups excluding carboxylic acids is 1. The van der Waals surface area contributed by atoms with Crippen molar-refractivity contribution < 1.29 is 14.3 Å². The number of ether oxygens (including phenoxy) is 2. The number of anilines is 1. The number of benzene rings is 1. The van der Waals surface area contributed by atoms with Crippen molar-refractivity contribution in [2.24, 2.45) is 0 Å². The highest BCUT2D eigenvalue weighted by Crippen LogP contribution is 2.27. The molecule has 0 saturated carbocycles. The van der Waals surface area contributed by atoms with Gasteiger partial charge in [0, 0.05) is 25.8 Å². The Hall–Kier alpha value is -2.76. The van der Waals surface area contributed by atoms with Gasteiger partial charge in [0.15, 0.2) is 11.5 Å². The maximum atomic E-state index is 12.3. The second-order valence-corrected chi connectivity index (χ2v) is 6.65. The number of amides is 1. The van der Waals surface area contributed by atoms with Gasteiger partial charge in [-0.2, -0.15) is 0 Å². The van der Waals surface area contributed by atoms with Gasteiger partial charge in [-0.05, 0) is 55.5 Å². The van der Waals surface area contributed by atoms with Crippen LogP contribution < -0.4 is 19.7 Å². The molecular weight excluding hydrogens is 342 g/mol. The average molecular weight is 369 g/mol. The average Bonchev–Trinajstić information content (AvgIpc) is 2.74. The van der Waals surface area contributed by atoms with Gasteiger partial charge in [-0.15, -0.1) is 0 Å². The first-order chi connectivity index (χ1) is 13.2. The van der Waals surface area contributed by atoms with Crippen LogP contribution in [0.2, 0.25) is 0 Å². The molecule has 1 aliphatic heterocycles. The topological polar surface area (TPSA) is 63.7 Å². The summed E-state index contributed by atoms with van der Waals surface area (Å²) < 4.78 is 10.6. The number of nitrogens with one attached hydrogen (secondary N) is 1. The standard InChI is InChI=1S/C21H27N3O3/c1-26-18-8-6-16(14-19(18)27-2)10-11-22-21(25)17-7-9-20(23-15-17)24-12-4-3-5-13-24/h6-9,14-15H,3-5,10-13H2,1-2H3,(H,22,25). The van der Waals surface area contributed by atoms with Crippen LogP contribution in [0.25, 0.3) is 0 Å². The maximum absolute atomic E-state index is 12.3. The molecule has 0 atom stereocenters. The van der Waals surface area contributed by atoms with Crippen LogP contribution in [0.1, 0.15) is 35.2 Å². The van der Waals surface area contributed by atoms with Crippen LogP contribution in [0.5, 0.6) is 11.5 Å². The van der Waals surface area contributed by atoms with Gasteiger partial charge in [0.1, 0.15) is 5.82 Å². The molecule has 0 radical (unpaired) electrons. The van der Waals surface area contributed by atoms with E-state index in [0.29, 0.717) is 30.0 Å². The highest BCUT2D eigenvalue weighted by molar-refractivity contribution is 5.94. The SMILES string of the molecule is COc1ccc(CCNC(=O)c2ccc(N3CCCCC3)nc2)cc1OC. The lowest BCUT2D eigenvalue weighted by atomic mass is 10.1. The van der Waals surface area contributed by atoms with Crippen molar-refractivity contribution in [1.29, 1.82) is 0 Å². The Morgan fingerprint density at radius 1 is 1.07 bits per heavy atom. The van der Waals surface area contributed by atoms with Crippen LogP contribution in [-0.4, -0.2) is 44.7 Å². The van der Waals surface area contributed by atoms with Crippen LogP contribution in [0.15, 0.2) is 36.5 Å². The lowest BCUT2D eigenvalue weighted by molar-refractivity contribution is 0.0954. The molecule has 1 aromatic heterocycles. The predicted octanol–water partition coefficient (Wildman–Crippen LogP) is 3.06. The lowest BCUT2D eigenvalue weighted by Gasteiger charge is -2.27. The largest absolute Gasteiger partial charge is 0.493 e. The number of nitrogens with zero attached hydrogens (tertiary/aromatic N) is 2. The zero-order valence-electron chi connectivity index (χ0n) is 16.0. The van der Waals surface area contributed by atoms with Crippen molar-refractivity contribution >= 4 is 11.7 Å². The number of pyridine rings is 1. The highest BCUT2D eigenvalue weighted by atomic mass is 16.5. The van der Waals surface area contributed by atoms with Crippen molar-refractivity contribution in [1.82, 2.24) is 10.3 Å². The van der Waals surface area contributed by atoms with Gasteiger partial charge in [-0.1, -0.05) is 6.07 Å². The first-order valence-corrected chi connectivity index (χ1v) is 9.41. The van der Waals surface area contributed by atoms with Crippen LogP contribution in [0, 0.1) is 0 Å². The maximum Gasteiger partial charge on any atom is 0.252 e. The van der Waals surface area contributed by atoms with E-state index in [2.05, 4.69) is 15.2 Å². The summed E-state index contributed by atoms with van der Waals surface area (Å²) in [5.41, 5.74) is 1.66. The van der Waals surface area contributed by atoms with E-state index in [1.165, 1.54) is 19.3 Å². The summed E-state index contributed by atoms with van der Waals surface area (Å²) in [5.74, 6) is 2.24. The molecule has 2 aromatic rings. The molecular formula is C21H27N3O3. The minimum Gasteiger partial charge on any atom is -0.493 e. The first-order valence-electron chi connectivity index (χ1n) is 9.41. The number of piperidine rings is 1. The van der Waals surface area contributed by atoms with E-state index >= 15 is 0 Å². The molecule has 3 rings (SSSR count). The van der Waals surface area contributed by atoms with Crippen molar-refractivity contribution in [3.05, 3.63) is 47.7 Å². The second-order valence-electron chi connectivity index (χ2n) is 6.65. The number of hydrogen-bond acceptors (Lipinski definition) is 5. The lowest BCUT2D eigenvalue weighted by Crippen LogP contribution is -2.30. The van der Waals surface area contributed by atoms with Gasteiger partial charge < -0.3 is 19.7 Å². The third kappa shape index (κ3) is 4.90. The van der Waals surface area contributed by atoms with E-state index in [-0.39, 0.29) is 5.91 Å². The summed E-state index contributed by atoms with van der Waals surface area (Å²) in [5, 5.41) is 2.95. The minimum absolute atomic E-state index is 0.104. The van der Waals surface area contributed by atoms with Gasteiger partial charge in [0.2, 0.25) is 0 Å². The molecule has 6 nitrogen and oxygen atoms in total. The first kappa shape index (κ1) is 19.0. The Morgan fingerprint density at radius 2 is 1.85 bits per heavy atom. The summed E-state index contributed by atoms with van der Waals surface area (Å²) in [4.78, 5) is 19.1. The van der Waals surface area contributed by atoms with E-state index < -0.39 is 0 Å². The molecule has 0 unspecified atom stereocenters. The number of carbonyl (C=O) groups is 1. The van der Waals surface area contributed by atoms with E-state index in [4.69, 9.17) is 9.47 Å². The smallest absolute Gasteiger partial charge is 0.252 e. The summed E-state index contributed by atoms with van der Waals surface area (Å²) in [6.45, 7) is 2.63. The van der Waals surface area contributed by atoms with Crippen molar-refractivity contribution in [3.63, 3.8) is 0 Å². The van der Waals surface area contributed by atoms with Crippen molar-refractivity contribution in [2.45, 2.75) is 25.7 Å². The minimum atomic E-state index is -0.104. The van der Waals surface area contributed by atoms with E-state index in [1.54, 1.807) is 20.4 Å². The molecule has 0 spiro atoms. The fourth-order valence-electron chi connectivity index (χ4n) is 3.29. The third-order valence-corrected chi connectivity index (χ3v) is 4.84. The highest BCUT2D eigenvalue weighted by Gasteiger charge is 2.13. The normalized spacial score (nSPS) is 13.9.